The van der Waals surface area contributed by atoms with Crippen molar-refractivity contribution in [2.75, 3.05) is 26.8 Å². The molecule has 2 aliphatic rings. The van der Waals surface area contributed by atoms with Crippen LogP contribution in [0.4, 0.5) is 0 Å². The van der Waals surface area contributed by atoms with Gasteiger partial charge in [0.2, 0.25) is 0 Å². The molecule has 1 heterocycles. The van der Waals surface area contributed by atoms with Gasteiger partial charge < -0.3 is 20.1 Å². The third kappa shape index (κ3) is 3.92. The second-order valence-corrected chi connectivity index (χ2v) is 7.77. The molecule has 1 aromatic rings. The molecule has 3 unspecified atom stereocenters. The molecule has 0 aromatic heterocycles. The number of likely N-dealkylation sites (tertiary alicyclic amines) is 1. The summed E-state index contributed by atoms with van der Waals surface area (Å²) in [6.45, 7) is 6.58. The van der Waals surface area contributed by atoms with Gasteiger partial charge in [0.15, 0.2) is 11.5 Å². The van der Waals surface area contributed by atoms with Gasteiger partial charge in [-0.15, -0.1) is 0 Å². The van der Waals surface area contributed by atoms with Crippen molar-refractivity contribution in [1.29, 1.82) is 0 Å². The largest absolute Gasteiger partial charge is 0.493 e. The standard InChI is InChI=1S/C20H30N2O3/c1-13(2)8-9-25-18-7-5-14(10-19(18)24-3)20(23)22-11-15-4-6-17(21)16(15)12-22/h5,7,10,13,15-17H,4,6,8-9,11-12,21H2,1-3H3. The first kappa shape index (κ1) is 18.1. The second-order valence-electron chi connectivity index (χ2n) is 7.77. The molecule has 3 rings (SSSR count). The number of nitrogens with zero attached hydrogens (tertiary/aromatic N) is 1. The van der Waals surface area contributed by atoms with E-state index in [-0.39, 0.29) is 11.9 Å². The Kier molecular flexibility index (Phi) is 5.52. The third-order valence-electron chi connectivity index (χ3n) is 5.56. The number of carbonyl (C=O) groups is 1. The Balaban J connectivity index is 1.67. The van der Waals surface area contributed by atoms with E-state index >= 15 is 0 Å². The van der Waals surface area contributed by atoms with Gasteiger partial charge in [0.05, 0.1) is 13.7 Å². The Morgan fingerprint density at radius 2 is 2.08 bits per heavy atom. The fraction of sp³-hybridized carbons (Fsp3) is 0.650. The van der Waals surface area contributed by atoms with E-state index in [1.54, 1.807) is 13.2 Å². The maximum absolute atomic E-state index is 12.9. The van der Waals surface area contributed by atoms with Crippen LogP contribution in [0.2, 0.25) is 0 Å². The minimum absolute atomic E-state index is 0.0635. The van der Waals surface area contributed by atoms with Crippen molar-refractivity contribution < 1.29 is 14.3 Å². The van der Waals surface area contributed by atoms with E-state index in [2.05, 4.69) is 13.8 Å². The molecule has 0 spiro atoms. The average molecular weight is 346 g/mol. The lowest BCUT2D eigenvalue weighted by Gasteiger charge is -2.20. The van der Waals surface area contributed by atoms with E-state index in [1.165, 1.54) is 0 Å². The molecule has 138 valence electrons. The zero-order valence-corrected chi connectivity index (χ0v) is 15.5. The van der Waals surface area contributed by atoms with Crippen molar-refractivity contribution >= 4 is 5.91 Å². The van der Waals surface area contributed by atoms with E-state index in [1.807, 2.05) is 17.0 Å². The van der Waals surface area contributed by atoms with Gasteiger partial charge in [-0.3, -0.25) is 4.79 Å². The molecule has 0 bridgehead atoms. The van der Waals surface area contributed by atoms with Crippen LogP contribution in [0.3, 0.4) is 0 Å². The molecular formula is C20H30N2O3. The predicted octanol–water partition coefficient (Wildman–Crippen LogP) is 2.93. The number of hydrogen-bond acceptors (Lipinski definition) is 4. The van der Waals surface area contributed by atoms with Crippen LogP contribution >= 0.6 is 0 Å². The zero-order valence-electron chi connectivity index (χ0n) is 15.5. The van der Waals surface area contributed by atoms with Crippen LogP contribution < -0.4 is 15.2 Å². The van der Waals surface area contributed by atoms with E-state index in [0.717, 1.165) is 32.4 Å². The lowest BCUT2D eigenvalue weighted by molar-refractivity contribution is 0.0779. The van der Waals surface area contributed by atoms with Crippen LogP contribution in [-0.4, -0.2) is 43.7 Å². The quantitative estimate of drug-likeness (QED) is 0.860. The molecule has 5 nitrogen and oxygen atoms in total. The van der Waals surface area contributed by atoms with Gasteiger partial charge >= 0.3 is 0 Å². The van der Waals surface area contributed by atoms with Crippen LogP contribution in [0.25, 0.3) is 0 Å². The predicted molar refractivity (Wildman–Crippen MR) is 98.0 cm³/mol. The summed E-state index contributed by atoms with van der Waals surface area (Å²) in [7, 11) is 1.61. The molecule has 25 heavy (non-hydrogen) atoms. The number of fused-ring (bicyclic) bond motifs is 1. The minimum Gasteiger partial charge on any atom is -0.493 e. The summed E-state index contributed by atoms with van der Waals surface area (Å²) < 4.78 is 11.2. The summed E-state index contributed by atoms with van der Waals surface area (Å²) >= 11 is 0. The Morgan fingerprint density at radius 3 is 2.76 bits per heavy atom. The van der Waals surface area contributed by atoms with Crippen LogP contribution in [0.15, 0.2) is 18.2 Å². The lowest BCUT2D eigenvalue weighted by atomic mass is 9.98. The molecule has 1 amide bonds. The highest BCUT2D eigenvalue weighted by atomic mass is 16.5. The minimum atomic E-state index is 0.0635. The highest BCUT2D eigenvalue weighted by Gasteiger charge is 2.42. The molecule has 1 aliphatic heterocycles. The first-order chi connectivity index (χ1) is 12.0. The summed E-state index contributed by atoms with van der Waals surface area (Å²) in [4.78, 5) is 14.8. The number of hydrogen-bond donors (Lipinski definition) is 1. The lowest BCUT2D eigenvalue weighted by Crippen LogP contribution is -2.33. The summed E-state index contributed by atoms with van der Waals surface area (Å²) in [5.74, 6) is 3.00. The molecule has 1 saturated carbocycles. The van der Waals surface area contributed by atoms with Gasteiger partial charge in [0, 0.05) is 24.7 Å². The second kappa shape index (κ2) is 7.65. The first-order valence-corrected chi connectivity index (χ1v) is 9.35. The normalized spacial score (nSPS) is 25.3. The number of amides is 1. The van der Waals surface area contributed by atoms with Crippen LogP contribution in [0.1, 0.15) is 43.5 Å². The number of nitrogens with two attached hydrogens (primary N) is 1. The van der Waals surface area contributed by atoms with Crippen molar-refractivity contribution in [2.45, 2.75) is 39.2 Å². The average Bonchev–Trinajstić information content (AvgIpc) is 3.16. The van der Waals surface area contributed by atoms with Gasteiger partial charge in [-0.2, -0.15) is 0 Å². The number of carbonyl (C=O) groups excluding carboxylic acids is 1. The maximum Gasteiger partial charge on any atom is 0.254 e. The SMILES string of the molecule is COc1cc(C(=O)N2CC3CCC(N)C3C2)ccc1OCCC(C)C. The molecular weight excluding hydrogens is 316 g/mol. The summed E-state index contributed by atoms with van der Waals surface area (Å²) in [6, 6.07) is 5.72. The number of ether oxygens (including phenoxy) is 2. The Bertz CT molecular complexity index is 617. The van der Waals surface area contributed by atoms with E-state index in [9.17, 15) is 4.79 Å². The Morgan fingerprint density at radius 1 is 1.28 bits per heavy atom. The van der Waals surface area contributed by atoms with Crippen molar-refractivity contribution in [3.63, 3.8) is 0 Å². The topological polar surface area (TPSA) is 64.8 Å². The molecule has 5 heteroatoms. The van der Waals surface area contributed by atoms with Crippen molar-refractivity contribution in [3.8, 4) is 11.5 Å². The summed E-state index contributed by atoms with van der Waals surface area (Å²) in [5, 5.41) is 0. The van der Waals surface area contributed by atoms with Gasteiger partial charge in [-0.1, -0.05) is 13.8 Å². The first-order valence-electron chi connectivity index (χ1n) is 9.35. The van der Waals surface area contributed by atoms with E-state index in [0.29, 0.717) is 41.4 Å². The number of benzene rings is 1. The van der Waals surface area contributed by atoms with Crippen molar-refractivity contribution in [3.05, 3.63) is 23.8 Å². The molecule has 1 aromatic carbocycles. The van der Waals surface area contributed by atoms with Crippen LogP contribution in [0, 0.1) is 17.8 Å². The zero-order chi connectivity index (χ0) is 18.0. The fourth-order valence-corrected chi connectivity index (χ4v) is 3.98. The van der Waals surface area contributed by atoms with Gasteiger partial charge in [-0.25, -0.2) is 0 Å². The number of methoxy groups -OCH3 is 1. The summed E-state index contributed by atoms with van der Waals surface area (Å²) in [5.41, 5.74) is 6.83. The Hall–Kier alpha value is -1.75. The van der Waals surface area contributed by atoms with Crippen LogP contribution in [-0.2, 0) is 0 Å². The monoisotopic (exact) mass is 346 g/mol. The molecule has 2 N–H and O–H groups in total. The van der Waals surface area contributed by atoms with Crippen LogP contribution in [0.5, 0.6) is 11.5 Å². The molecule has 1 aliphatic carbocycles. The molecule has 1 saturated heterocycles. The van der Waals surface area contributed by atoms with Gasteiger partial charge in [0.1, 0.15) is 0 Å². The molecule has 0 radical (unpaired) electrons. The van der Waals surface area contributed by atoms with Gasteiger partial charge in [-0.05, 0) is 55.2 Å². The van der Waals surface area contributed by atoms with E-state index in [4.69, 9.17) is 15.2 Å². The maximum atomic E-state index is 12.9. The smallest absolute Gasteiger partial charge is 0.254 e. The third-order valence-corrected chi connectivity index (χ3v) is 5.56. The fourth-order valence-electron chi connectivity index (χ4n) is 3.98. The van der Waals surface area contributed by atoms with Crippen molar-refractivity contribution in [1.82, 2.24) is 4.90 Å². The summed E-state index contributed by atoms with van der Waals surface area (Å²) in [6.07, 6.45) is 3.22. The number of rotatable bonds is 6. The van der Waals surface area contributed by atoms with E-state index < -0.39 is 0 Å². The van der Waals surface area contributed by atoms with Gasteiger partial charge in [0.25, 0.3) is 5.91 Å². The highest BCUT2D eigenvalue weighted by Crippen LogP contribution is 2.38. The van der Waals surface area contributed by atoms with Crippen molar-refractivity contribution in [2.24, 2.45) is 23.5 Å². The molecule has 2 fully saturated rings. The Labute approximate surface area is 150 Å². The highest BCUT2D eigenvalue weighted by molar-refractivity contribution is 5.95. The molecule has 3 atom stereocenters.